The third kappa shape index (κ3) is 1.19. The van der Waals surface area contributed by atoms with Gasteiger partial charge >= 0.3 is 0 Å². The van der Waals surface area contributed by atoms with Gasteiger partial charge in [0.25, 0.3) is 0 Å². The van der Waals surface area contributed by atoms with Gasteiger partial charge in [-0.25, -0.2) is 0 Å². The smallest absolute Gasteiger partial charge is 0.153 e. The topological polar surface area (TPSA) is 44.0 Å². The number of aliphatic hydroxyl groups is 1. The summed E-state index contributed by atoms with van der Waals surface area (Å²) in [5, 5.41) is 19.5. The second-order valence-electron chi connectivity index (χ2n) is 6.38. The molecule has 0 saturated heterocycles. The van der Waals surface area contributed by atoms with Crippen LogP contribution in [-0.2, 0) is 0 Å². The van der Waals surface area contributed by atoms with Gasteiger partial charge in [0.05, 0.1) is 6.07 Å². The van der Waals surface area contributed by atoms with Crippen molar-refractivity contribution in [2.24, 2.45) is 23.2 Å². The molecule has 4 fully saturated rings. The van der Waals surface area contributed by atoms with Crippen LogP contribution < -0.4 is 0 Å². The highest BCUT2D eigenvalue weighted by atomic mass is 16.3. The first kappa shape index (κ1) is 9.66. The second kappa shape index (κ2) is 2.77. The minimum Gasteiger partial charge on any atom is -0.375 e. The van der Waals surface area contributed by atoms with Gasteiger partial charge in [0.15, 0.2) is 5.60 Å². The van der Waals surface area contributed by atoms with Crippen molar-refractivity contribution in [1.82, 2.24) is 0 Å². The summed E-state index contributed by atoms with van der Waals surface area (Å²) in [6, 6.07) is 2.15. The monoisotopic (exact) mass is 205 g/mol. The molecular weight excluding hydrogens is 186 g/mol. The lowest BCUT2D eigenvalue weighted by Crippen LogP contribution is -2.56. The molecule has 4 bridgehead atoms. The van der Waals surface area contributed by atoms with Crippen LogP contribution in [0.2, 0.25) is 0 Å². The molecular formula is C13H19NO. The molecule has 4 rings (SSSR count). The zero-order valence-corrected chi connectivity index (χ0v) is 9.37. The zero-order valence-electron chi connectivity index (χ0n) is 9.37. The normalized spacial score (nSPS) is 51.1. The standard InChI is InChI=1S/C13H19NO/c1-12(15,8-14)13-5-9-2-10(6-13)4-11(3-9)7-13/h9-11,15H,2-7H2,1H3. The number of nitriles is 1. The maximum atomic E-state index is 10.3. The molecule has 4 aliphatic carbocycles. The van der Waals surface area contributed by atoms with E-state index in [9.17, 15) is 5.11 Å². The van der Waals surface area contributed by atoms with Crippen LogP contribution in [0.1, 0.15) is 45.4 Å². The van der Waals surface area contributed by atoms with Gasteiger partial charge in [0.1, 0.15) is 0 Å². The molecule has 1 N–H and O–H groups in total. The minimum absolute atomic E-state index is 0.0590. The summed E-state index contributed by atoms with van der Waals surface area (Å²) in [6.45, 7) is 1.74. The Labute approximate surface area is 91.3 Å². The van der Waals surface area contributed by atoms with Crippen molar-refractivity contribution >= 4 is 0 Å². The molecule has 0 aromatic heterocycles. The van der Waals surface area contributed by atoms with Gasteiger partial charge in [0.2, 0.25) is 0 Å². The number of hydrogen-bond acceptors (Lipinski definition) is 2. The molecule has 0 spiro atoms. The van der Waals surface area contributed by atoms with Crippen molar-refractivity contribution in [3.63, 3.8) is 0 Å². The van der Waals surface area contributed by atoms with E-state index in [0.29, 0.717) is 0 Å². The van der Waals surface area contributed by atoms with Crippen molar-refractivity contribution in [3.8, 4) is 6.07 Å². The zero-order chi connectivity index (χ0) is 10.7. The van der Waals surface area contributed by atoms with E-state index in [-0.39, 0.29) is 5.41 Å². The Kier molecular flexibility index (Phi) is 1.78. The van der Waals surface area contributed by atoms with E-state index in [1.54, 1.807) is 6.92 Å². The highest BCUT2D eigenvalue weighted by molar-refractivity contribution is 5.16. The van der Waals surface area contributed by atoms with E-state index in [4.69, 9.17) is 5.26 Å². The summed E-state index contributed by atoms with van der Waals surface area (Å²) in [7, 11) is 0. The summed E-state index contributed by atoms with van der Waals surface area (Å²) in [4.78, 5) is 0. The van der Waals surface area contributed by atoms with E-state index >= 15 is 0 Å². The maximum absolute atomic E-state index is 10.3. The molecule has 2 heteroatoms. The second-order valence-corrected chi connectivity index (χ2v) is 6.38. The van der Waals surface area contributed by atoms with Crippen LogP contribution in [0, 0.1) is 34.5 Å². The van der Waals surface area contributed by atoms with Gasteiger partial charge in [0, 0.05) is 5.41 Å². The molecule has 0 radical (unpaired) electrons. The summed E-state index contributed by atoms with van der Waals surface area (Å²) in [5.74, 6) is 2.41. The van der Waals surface area contributed by atoms with Gasteiger partial charge in [-0.15, -0.1) is 0 Å². The molecule has 0 aromatic rings. The van der Waals surface area contributed by atoms with E-state index < -0.39 is 5.60 Å². The molecule has 1 atom stereocenters. The molecule has 0 amide bonds. The number of nitrogens with zero attached hydrogens (tertiary/aromatic N) is 1. The lowest BCUT2D eigenvalue weighted by molar-refractivity contribution is -0.144. The molecule has 4 aliphatic rings. The molecule has 0 aliphatic heterocycles. The average molecular weight is 205 g/mol. The van der Waals surface area contributed by atoms with Crippen molar-refractivity contribution in [2.45, 2.75) is 51.0 Å². The quantitative estimate of drug-likeness (QED) is 0.668. The van der Waals surface area contributed by atoms with Crippen LogP contribution in [-0.4, -0.2) is 10.7 Å². The summed E-state index contributed by atoms with van der Waals surface area (Å²) in [6.07, 6.45) is 7.38. The van der Waals surface area contributed by atoms with E-state index in [2.05, 4.69) is 6.07 Å². The predicted molar refractivity (Wildman–Crippen MR) is 56.8 cm³/mol. The Morgan fingerprint density at radius 3 is 1.87 bits per heavy atom. The maximum Gasteiger partial charge on any atom is 0.153 e. The van der Waals surface area contributed by atoms with Crippen LogP contribution in [0.15, 0.2) is 0 Å². The van der Waals surface area contributed by atoms with Crippen LogP contribution in [0.5, 0.6) is 0 Å². The first-order chi connectivity index (χ1) is 7.05. The Morgan fingerprint density at radius 1 is 1.13 bits per heavy atom. The molecule has 0 heterocycles. The number of hydrogen-bond donors (Lipinski definition) is 1. The van der Waals surface area contributed by atoms with E-state index in [1.807, 2.05) is 0 Å². The van der Waals surface area contributed by atoms with Gasteiger partial charge in [-0.3, -0.25) is 0 Å². The molecule has 0 aromatic carbocycles. The fraction of sp³-hybridized carbons (Fsp3) is 0.923. The van der Waals surface area contributed by atoms with E-state index in [0.717, 1.165) is 37.0 Å². The summed E-state index contributed by atoms with van der Waals surface area (Å²) < 4.78 is 0. The SMILES string of the molecule is CC(O)(C#N)C12CC3CC(CC(C3)C1)C2. The third-order valence-electron chi connectivity index (χ3n) is 5.29. The van der Waals surface area contributed by atoms with E-state index in [1.165, 1.54) is 19.3 Å². The fourth-order valence-electron chi connectivity index (χ4n) is 4.83. The lowest BCUT2D eigenvalue weighted by atomic mass is 9.46. The first-order valence-electron chi connectivity index (χ1n) is 6.18. The summed E-state index contributed by atoms with van der Waals surface area (Å²) in [5.41, 5.74) is -1.15. The van der Waals surface area contributed by atoms with Gasteiger partial charge in [-0.2, -0.15) is 5.26 Å². The number of rotatable bonds is 1. The minimum atomic E-state index is -1.09. The molecule has 2 nitrogen and oxygen atoms in total. The highest BCUT2D eigenvalue weighted by Crippen LogP contribution is 2.63. The Balaban J connectivity index is 1.97. The Hall–Kier alpha value is -0.550. The van der Waals surface area contributed by atoms with Crippen LogP contribution in [0.25, 0.3) is 0 Å². The fourth-order valence-corrected chi connectivity index (χ4v) is 4.83. The van der Waals surface area contributed by atoms with Crippen molar-refractivity contribution < 1.29 is 5.11 Å². The molecule has 82 valence electrons. The first-order valence-corrected chi connectivity index (χ1v) is 6.18. The Bertz CT molecular complexity index is 291. The molecule has 1 unspecified atom stereocenters. The van der Waals surface area contributed by atoms with Crippen molar-refractivity contribution in [1.29, 1.82) is 5.26 Å². The van der Waals surface area contributed by atoms with Crippen LogP contribution in [0.4, 0.5) is 0 Å². The van der Waals surface area contributed by atoms with Crippen molar-refractivity contribution in [3.05, 3.63) is 0 Å². The Morgan fingerprint density at radius 2 is 1.53 bits per heavy atom. The largest absolute Gasteiger partial charge is 0.375 e. The highest BCUT2D eigenvalue weighted by Gasteiger charge is 2.58. The van der Waals surface area contributed by atoms with Gasteiger partial charge < -0.3 is 5.11 Å². The van der Waals surface area contributed by atoms with Crippen LogP contribution in [0.3, 0.4) is 0 Å². The summed E-state index contributed by atoms with van der Waals surface area (Å²) >= 11 is 0. The van der Waals surface area contributed by atoms with Crippen molar-refractivity contribution in [2.75, 3.05) is 0 Å². The molecule has 4 saturated carbocycles. The average Bonchev–Trinajstić information content (AvgIpc) is 2.15. The lowest BCUT2D eigenvalue weighted by Gasteiger charge is -2.59. The predicted octanol–water partition coefficient (Wildman–Crippen LogP) is 2.48. The van der Waals surface area contributed by atoms with Gasteiger partial charge in [-0.1, -0.05) is 0 Å². The third-order valence-corrected chi connectivity index (χ3v) is 5.29. The molecule has 15 heavy (non-hydrogen) atoms. The van der Waals surface area contributed by atoms with Gasteiger partial charge in [-0.05, 0) is 63.2 Å². The van der Waals surface area contributed by atoms with Crippen LogP contribution >= 0.6 is 0 Å².